The van der Waals surface area contributed by atoms with Crippen LogP contribution < -0.4 is 25.0 Å². The molecule has 0 saturated carbocycles. The van der Waals surface area contributed by atoms with Crippen molar-refractivity contribution in [3.8, 4) is 22.9 Å². The van der Waals surface area contributed by atoms with Gasteiger partial charge in [-0.1, -0.05) is 19.1 Å². The molecule has 4 aliphatic rings. The molecule has 3 atom stereocenters. The van der Waals surface area contributed by atoms with E-state index in [0.717, 1.165) is 19.4 Å². The van der Waals surface area contributed by atoms with Crippen molar-refractivity contribution in [3.63, 3.8) is 0 Å². The van der Waals surface area contributed by atoms with Gasteiger partial charge in [0.25, 0.3) is 5.91 Å². The summed E-state index contributed by atoms with van der Waals surface area (Å²) in [6.07, 6.45) is 2.41. The van der Waals surface area contributed by atoms with E-state index in [1.54, 1.807) is 30.3 Å². The molecule has 1 aromatic heterocycles. The van der Waals surface area contributed by atoms with Crippen LogP contribution >= 0.6 is 0 Å². The number of hydrogen-bond donors (Lipinski definition) is 2. The Balaban J connectivity index is 1.28. The first-order chi connectivity index (χ1) is 24.6. The highest BCUT2D eigenvalue weighted by atomic mass is 19.1. The highest BCUT2D eigenvalue weighted by molar-refractivity contribution is 6.08. The van der Waals surface area contributed by atoms with Crippen LogP contribution in [0.4, 0.5) is 23.8 Å². The molecule has 2 N–H and O–H groups in total. The van der Waals surface area contributed by atoms with Crippen LogP contribution in [0.15, 0.2) is 36.4 Å². The summed E-state index contributed by atoms with van der Waals surface area (Å²) >= 11 is 0. The number of anilines is 1. The van der Waals surface area contributed by atoms with Gasteiger partial charge in [-0.25, -0.2) is 18.0 Å². The number of aryl methyl sites for hydroxylation is 1. The van der Waals surface area contributed by atoms with E-state index < -0.39 is 40.8 Å². The first-order valence-corrected chi connectivity index (χ1v) is 17.4. The number of carbonyl (C=O) groups is 2. The largest absolute Gasteiger partial charge is 0.468 e. The predicted molar refractivity (Wildman–Crippen MR) is 184 cm³/mol. The second-order valence-corrected chi connectivity index (χ2v) is 14.0. The number of nitrogens with zero attached hydrogens (tertiary/aromatic N) is 4. The number of amides is 3. The van der Waals surface area contributed by atoms with E-state index in [1.807, 2.05) is 11.8 Å². The normalized spacial score (nSPS) is 24.8. The molecule has 51 heavy (non-hydrogen) atoms. The van der Waals surface area contributed by atoms with Crippen LogP contribution in [-0.4, -0.2) is 90.7 Å². The minimum atomic E-state index is -1.17. The number of methoxy groups -OCH3 is 1. The molecule has 14 heteroatoms. The molecule has 0 radical (unpaired) electrons. The van der Waals surface area contributed by atoms with Crippen molar-refractivity contribution in [1.29, 1.82) is 0 Å². The number of nitrogens with one attached hydrogen (secondary N) is 2. The van der Waals surface area contributed by atoms with Gasteiger partial charge < -0.3 is 24.4 Å². The Bertz CT molecular complexity index is 2070. The summed E-state index contributed by atoms with van der Waals surface area (Å²) in [5.74, 6) is -0.751. The number of ether oxygens (including phenoxy) is 3. The molecule has 5 heterocycles. The molecule has 268 valence electrons. The lowest BCUT2D eigenvalue weighted by Crippen LogP contribution is -2.58. The second-order valence-electron chi connectivity index (χ2n) is 14.0. The first-order valence-electron chi connectivity index (χ1n) is 17.4. The number of fused-ring (bicyclic) bond motifs is 3. The summed E-state index contributed by atoms with van der Waals surface area (Å²) in [6, 6.07) is 9.14. The third kappa shape index (κ3) is 5.68. The average Bonchev–Trinajstić information content (AvgIpc) is 3.74. The van der Waals surface area contributed by atoms with Crippen LogP contribution in [0.3, 0.4) is 0 Å². The zero-order valence-electron chi connectivity index (χ0n) is 28.5. The van der Waals surface area contributed by atoms with Gasteiger partial charge in [0.1, 0.15) is 41.2 Å². The number of hydrogen-bond acceptors (Lipinski definition) is 9. The molecule has 3 amide bonds. The molecule has 0 bridgehead atoms. The Kier molecular flexibility index (Phi) is 8.41. The molecule has 4 saturated heterocycles. The summed E-state index contributed by atoms with van der Waals surface area (Å²) in [7, 11) is 1.50. The van der Waals surface area contributed by atoms with Gasteiger partial charge in [0.15, 0.2) is 12.6 Å². The lowest BCUT2D eigenvalue weighted by molar-refractivity contribution is -0.124. The summed E-state index contributed by atoms with van der Waals surface area (Å²) in [6.45, 7) is 3.63. The lowest BCUT2D eigenvalue weighted by Gasteiger charge is -2.39. The number of aromatic nitrogens is 2. The minimum absolute atomic E-state index is 0.0339. The quantitative estimate of drug-likeness (QED) is 0.174. The Labute approximate surface area is 292 Å². The van der Waals surface area contributed by atoms with E-state index in [4.69, 9.17) is 19.2 Å². The number of piperidine rings is 1. The Morgan fingerprint density at radius 3 is 2.65 bits per heavy atom. The zero-order valence-corrected chi connectivity index (χ0v) is 28.5. The molecule has 1 spiro atoms. The van der Waals surface area contributed by atoms with Gasteiger partial charge in [0.05, 0.1) is 12.1 Å². The zero-order chi connectivity index (χ0) is 35.5. The van der Waals surface area contributed by atoms with Crippen molar-refractivity contribution < 1.29 is 37.0 Å². The molecule has 4 fully saturated rings. The number of alkyl halides is 1. The minimum Gasteiger partial charge on any atom is -0.468 e. The Morgan fingerprint density at radius 2 is 1.86 bits per heavy atom. The standard InChI is InChI=1S/C37H39F3N6O5/c1-3-24-28(39)9-6-21-14-23(51-20-49-2)15-27(29(21)24)25-7-8-26-31(30(25)40)41-35(50-19-36-10-4-13-46(36)17-22(38)16-36)42-32(26)45-12-5-11-37(18-45)33(47)43-34(48)44-37/h6-9,14-15,22H,3-5,10-13,16-20H2,1-2H3,(H2,43,44,47,48)/t22-,36+,37-/m1/s1. The van der Waals surface area contributed by atoms with E-state index in [2.05, 4.69) is 20.5 Å². The lowest BCUT2D eigenvalue weighted by atomic mass is 9.89. The van der Waals surface area contributed by atoms with Crippen molar-refractivity contribution in [3.05, 3.63) is 53.6 Å². The highest BCUT2D eigenvalue weighted by Crippen LogP contribution is 2.43. The van der Waals surface area contributed by atoms with Crippen LogP contribution in [0.5, 0.6) is 11.8 Å². The summed E-state index contributed by atoms with van der Waals surface area (Å²) in [4.78, 5) is 38.5. The third-order valence-corrected chi connectivity index (χ3v) is 10.9. The van der Waals surface area contributed by atoms with Crippen LogP contribution in [0.25, 0.3) is 32.8 Å². The molecule has 11 nitrogen and oxygen atoms in total. The van der Waals surface area contributed by atoms with E-state index in [9.17, 15) is 14.0 Å². The maximum atomic E-state index is 17.2. The fraction of sp³-hybridized carbons (Fsp3) is 0.459. The molecular weight excluding hydrogens is 665 g/mol. The van der Waals surface area contributed by atoms with Crippen molar-refractivity contribution in [2.45, 2.75) is 62.7 Å². The number of urea groups is 1. The van der Waals surface area contributed by atoms with Gasteiger partial charge in [-0.15, -0.1) is 0 Å². The molecule has 8 rings (SSSR count). The molecular formula is C37H39F3N6O5. The second kappa shape index (κ2) is 12.8. The topological polar surface area (TPSA) is 118 Å². The number of halogens is 3. The van der Waals surface area contributed by atoms with Gasteiger partial charge in [0, 0.05) is 37.6 Å². The highest BCUT2D eigenvalue weighted by Gasteiger charge is 2.50. The summed E-state index contributed by atoms with van der Waals surface area (Å²) in [5, 5.41) is 6.71. The predicted octanol–water partition coefficient (Wildman–Crippen LogP) is 5.41. The van der Waals surface area contributed by atoms with Crippen LogP contribution in [0.1, 0.15) is 44.6 Å². The average molecular weight is 705 g/mol. The van der Waals surface area contributed by atoms with Gasteiger partial charge in [0.2, 0.25) is 0 Å². The van der Waals surface area contributed by atoms with Crippen LogP contribution in [0.2, 0.25) is 0 Å². The Hall–Kier alpha value is -4.69. The number of imide groups is 1. The van der Waals surface area contributed by atoms with Crippen molar-refractivity contribution in [1.82, 2.24) is 25.5 Å². The number of benzene rings is 3. The van der Waals surface area contributed by atoms with Gasteiger partial charge in [-0.05, 0) is 84.8 Å². The number of carbonyl (C=O) groups excluding carboxylic acids is 2. The monoisotopic (exact) mass is 704 g/mol. The SMILES string of the molecule is CCc1c(F)ccc2cc(OCOC)cc(-c3ccc4c(N5CCC[C@]6(C5)NC(=O)NC6=O)nc(OC[C@@]56CCCN5C[C@H](F)C6)nc4c3F)c12. The smallest absolute Gasteiger partial charge is 0.322 e. The molecule has 4 aromatic rings. The van der Waals surface area contributed by atoms with Crippen molar-refractivity contribution in [2.24, 2.45) is 0 Å². The molecule has 3 aromatic carbocycles. The van der Waals surface area contributed by atoms with E-state index in [0.29, 0.717) is 77.6 Å². The van der Waals surface area contributed by atoms with Crippen molar-refractivity contribution >= 4 is 39.4 Å². The first kappa shape index (κ1) is 33.5. The van der Waals surface area contributed by atoms with E-state index in [1.165, 1.54) is 13.2 Å². The van der Waals surface area contributed by atoms with Gasteiger partial charge in [-0.2, -0.15) is 9.97 Å². The Morgan fingerprint density at radius 1 is 1.02 bits per heavy atom. The fourth-order valence-corrected chi connectivity index (χ4v) is 8.60. The van der Waals surface area contributed by atoms with E-state index >= 15 is 8.78 Å². The maximum absolute atomic E-state index is 17.2. The van der Waals surface area contributed by atoms with Gasteiger partial charge in [-0.3, -0.25) is 15.0 Å². The molecule has 0 aliphatic carbocycles. The maximum Gasteiger partial charge on any atom is 0.322 e. The molecule has 4 aliphatic heterocycles. The van der Waals surface area contributed by atoms with Crippen LogP contribution in [0, 0.1) is 11.6 Å². The van der Waals surface area contributed by atoms with Gasteiger partial charge >= 0.3 is 12.0 Å². The number of rotatable bonds is 9. The summed E-state index contributed by atoms with van der Waals surface area (Å²) < 4.78 is 64.2. The molecule has 0 unspecified atom stereocenters. The van der Waals surface area contributed by atoms with E-state index in [-0.39, 0.29) is 37.0 Å². The summed E-state index contributed by atoms with van der Waals surface area (Å²) in [5.41, 5.74) is -0.681. The van der Waals surface area contributed by atoms with Crippen LogP contribution in [-0.2, 0) is 16.0 Å². The third-order valence-electron chi connectivity index (χ3n) is 10.9. The van der Waals surface area contributed by atoms with Crippen molar-refractivity contribution in [2.75, 3.05) is 51.6 Å². The fourth-order valence-electron chi connectivity index (χ4n) is 8.60.